The smallest absolute Gasteiger partial charge is 0.208 e. The maximum atomic E-state index is 11.9. The van der Waals surface area contributed by atoms with Crippen LogP contribution in [0.15, 0.2) is 95.4 Å². The second-order valence-corrected chi connectivity index (χ2v) is 15.7. The molecule has 13 nitrogen and oxygen atoms in total. The summed E-state index contributed by atoms with van der Waals surface area (Å²) in [5, 5.41) is 131. The fraction of sp³-hybridized carbons (Fsp3) is 0.0588. The Morgan fingerprint density at radius 3 is 1.42 bits per heavy atom. The lowest BCUT2D eigenvalue weighted by Crippen LogP contribution is -2.22. The molecule has 7 aromatic carbocycles. The summed E-state index contributed by atoms with van der Waals surface area (Å²) >= 11 is 0. The zero-order valence-electron chi connectivity index (χ0n) is 34.9. The summed E-state index contributed by atoms with van der Waals surface area (Å²) in [5.74, 6) is -11.0. The number of furan rings is 1. The zero-order chi connectivity index (χ0) is 47.2. The van der Waals surface area contributed by atoms with Crippen LogP contribution in [0.4, 0.5) is 0 Å². The highest BCUT2D eigenvalue weighted by molar-refractivity contribution is 6.48. The molecule has 0 aliphatic heterocycles. The Balaban J connectivity index is 1.18. The Hall–Kier alpha value is -8.71. The van der Waals surface area contributed by atoms with E-state index in [4.69, 9.17) is 20.1 Å². The summed E-state index contributed by atoms with van der Waals surface area (Å²) in [4.78, 5) is 0. The van der Waals surface area contributed by atoms with E-state index < -0.39 is 91.0 Å². The van der Waals surface area contributed by atoms with E-state index >= 15 is 0 Å². The van der Waals surface area contributed by atoms with Crippen LogP contribution in [-0.2, 0) is 6.42 Å². The van der Waals surface area contributed by atoms with Gasteiger partial charge in [-0.15, -0.1) is 0 Å². The Labute approximate surface area is 377 Å². The molecular weight excluding hydrogens is 842 g/mol. The maximum Gasteiger partial charge on any atom is 0.208 e. The second-order valence-electron chi connectivity index (χ2n) is 15.7. The van der Waals surface area contributed by atoms with Crippen LogP contribution >= 0.6 is 0 Å². The van der Waals surface area contributed by atoms with Crippen molar-refractivity contribution in [1.82, 2.24) is 0 Å². The van der Waals surface area contributed by atoms with Gasteiger partial charge in [0.1, 0.15) is 38.7 Å². The number of phenols is 12. The van der Waals surface area contributed by atoms with Crippen molar-refractivity contribution in [3.63, 3.8) is 0 Å². The number of allylic oxidation sites excluding steroid dienone is 4. The van der Waals surface area contributed by atoms with Crippen LogP contribution in [0.2, 0.25) is 0 Å². The molecule has 12 N–H and O–H groups in total. The van der Waals surface area contributed by atoms with Crippen LogP contribution in [0, 0.1) is 6.92 Å². The lowest BCUT2D eigenvalue weighted by Gasteiger charge is -2.24. The third kappa shape index (κ3) is 6.04. The third-order valence-corrected chi connectivity index (χ3v) is 12.3. The minimum atomic E-state index is -1.22. The van der Waals surface area contributed by atoms with Crippen LogP contribution < -0.4 is 10.9 Å². The van der Waals surface area contributed by atoms with Crippen LogP contribution in [0.1, 0.15) is 40.5 Å². The fourth-order valence-corrected chi connectivity index (χ4v) is 8.99. The summed E-state index contributed by atoms with van der Waals surface area (Å²) in [6.45, 7) is 3.76. The lowest BCUT2D eigenvalue weighted by atomic mass is 9.73. The highest BCUT2D eigenvalue weighted by atomic mass is 16.4. The summed E-state index contributed by atoms with van der Waals surface area (Å²) in [5.41, 5.74) is 1.99. The van der Waals surface area contributed by atoms with E-state index in [1.807, 2.05) is 56.3 Å². The number of rotatable bonds is 6. The Bertz CT molecular complexity index is 3380. The first-order valence-electron chi connectivity index (χ1n) is 20.2. The molecule has 324 valence electrons. The highest BCUT2D eigenvalue weighted by Gasteiger charge is 2.33. The van der Waals surface area contributed by atoms with Gasteiger partial charge in [0.25, 0.3) is 0 Å². The van der Waals surface area contributed by atoms with E-state index in [-0.39, 0.29) is 23.1 Å². The van der Waals surface area contributed by atoms with Crippen LogP contribution in [-0.4, -0.2) is 77.0 Å². The van der Waals surface area contributed by atoms with Crippen molar-refractivity contribution in [2.45, 2.75) is 20.3 Å². The number of aromatic hydroxyl groups is 12. The summed E-state index contributed by atoms with van der Waals surface area (Å²) in [7, 11) is 12.9. The molecule has 0 amide bonds. The van der Waals surface area contributed by atoms with Gasteiger partial charge in [-0.25, -0.2) is 0 Å². The van der Waals surface area contributed by atoms with Gasteiger partial charge < -0.3 is 65.7 Å². The Kier molecular flexibility index (Phi) is 10.0. The molecule has 0 fully saturated rings. The molecule has 0 saturated heterocycles. The van der Waals surface area contributed by atoms with E-state index in [2.05, 4.69) is 0 Å². The van der Waals surface area contributed by atoms with Crippen molar-refractivity contribution in [2.75, 3.05) is 0 Å². The van der Waals surface area contributed by atoms with Gasteiger partial charge in [-0.3, -0.25) is 0 Å². The number of phenolic OH excluding ortho intramolecular Hbond substituents is 12. The topological polar surface area (TPSA) is 256 Å². The van der Waals surface area contributed by atoms with Gasteiger partial charge in [-0.05, 0) is 92.2 Å². The number of hydrogen-bond donors (Lipinski definition) is 12. The molecule has 0 unspecified atom stereocenters. The standard InChI is InChI=1S/C51H36B2O13/c1-3-21(16-19-30-20(2)22-17-18-28(23-10-4-9-15-29(23)51(22)66-30)33-41(56)45(60)49(64)46(61)42(33)57)31-24-11-5-7-13-26(24)32(27-14-8-6-12-25(27)31)35-39(54)37(52)34(38(53)40(35)55)36-43(58)47(62)50(65)48(63)44(36)59/h3-16,18-19,54-65H,17H2,1-2H3/b19-16-,21-3+. The summed E-state index contributed by atoms with van der Waals surface area (Å²) < 4.78 is 6.60. The monoisotopic (exact) mass is 878 g/mol. The first kappa shape index (κ1) is 42.6. The zero-order valence-corrected chi connectivity index (χ0v) is 34.9. The third-order valence-electron chi connectivity index (χ3n) is 12.3. The molecule has 0 saturated carbocycles. The van der Waals surface area contributed by atoms with Crippen molar-refractivity contribution in [2.24, 2.45) is 0 Å². The van der Waals surface area contributed by atoms with Gasteiger partial charge in [-0.2, -0.15) is 0 Å². The van der Waals surface area contributed by atoms with Gasteiger partial charge in [0.05, 0.1) is 16.7 Å². The maximum absolute atomic E-state index is 11.9. The minimum absolute atomic E-state index is 0.189. The van der Waals surface area contributed by atoms with Crippen LogP contribution in [0.25, 0.3) is 72.3 Å². The van der Waals surface area contributed by atoms with Crippen molar-refractivity contribution < 1.29 is 65.7 Å². The van der Waals surface area contributed by atoms with Gasteiger partial charge >= 0.3 is 0 Å². The van der Waals surface area contributed by atoms with E-state index in [9.17, 15) is 61.3 Å². The SMILES string of the molecule is [B]c1c(O)c(-c2c3ccccc3c(C(/C=C\c3oc4c(c3C)CC=C(c3c(O)c(O)c(O)c(O)c3O)c3ccccc3-4)=C/C)c3ccccc23)c(O)c([B])c1-c1c(O)c(O)c(O)c(O)c1O. The van der Waals surface area contributed by atoms with Gasteiger partial charge in [-0.1, -0.05) is 91.0 Å². The second kappa shape index (κ2) is 15.5. The molecule has 4 radical (unpaired) electrons. The average Bonchev–Trinajstić information content (AvgIpc) is 3.54. The fourth-order valence-electron chi connectivity index (χ4n) is 8.99. The predicted octanol–water partition coefficient (Wildman–Crippen LogP) is 8.05. The quantitative estimate of drug-likeness (QED) is 0.0249. The van der Waals surface area contributed by atoms with Crippen LogP contribution in [0.3, 0.4) is 0 Å². The number of hydrogen-bond acceptors (Lipinski definition) is 13. The first-order chi connectivity index (χ1) is 31.5. The highest BCUT2D eigenvalue weighted by Crippen LogP contribution is 2.57. The van der Waals surface area contributed by atoms with E-state index in [1.54, 1.807) is 54.6 Å². The molecule has 1 aliphatic rings. The predicted molar refractivity (Wildman–Crippen MR) is 252 cm³/mol. The normalized spacial score (nSPS) is 12.7. The molecule has 8 aromatic rings. The molecule has 15 heteroatoms. The molecule has 0 atom stereocenters. The van der Waals surface area contributed by atoms with Crippen molar-refractivity contribution in [1.29, 1.82) is 0 Å². The van der Waals surface area contributed by atoms with Crippen molar-refractivity contribution >= 4 is 65.4 Å². The molecule has 1 aliphatic carbocycles. The molecular formula is C51H36B2O13. The van der Waals surface area contributed by atoms with Gasteiger partial charge in [0, 0.05) is 16.7 Å². The average molecular weight is 878 g/mol. The van der Waals surface area contributed by atoms with Crippen molar-refractivity contribution in [3.05, 3.63) is 125 Å². The molecule has 66 heavy (non-hydrogen) atoms. The van der Waals surface area contributed by atoms with Crippen molar-refractivity contribution in [3.8, 4) is 103 Å². The number of fused-ring (bicyclic) bond motifs is 5. The summed E-state index contributed by atoms with van der Waals surface area (Å²) in [6, 6.07) is 21.6. The largest absolute Gasteiger partial charge is 0.508 e. The molecule has 1 heterocycles. The molecule has 0 bridgehead atoms. The van der Waals surface area contributed by atoms with Gasteiger partial charge in [0.15, 0.2) is 23.0 Å². The minimum Gasteiger partial charge on any atom is -0.508 e. The molecule has 9 rings (SSSR count). The van der Waals surface area contributed by atoms with E-state index in [0.717, 1.165) is 22.3 Å². The van der Waals surface area contributed by atoms with E-state index in [1.165, 1.54) is 0 Å². The number of benzene rings is 7. The lowest BCUT2D eigenvalue weighted by molar-refractivity contribution is 0.327. The Morgan fingerprint density at radius 1 is 0.500 bits per heavy atom. The first-order valence-corrected chi connectivity index (χ1v) is 20.2. The van der Waals surface area contributed by atoms with Crippen LogP contribution in [0.5, 0.6) is 69.0 Å². The van der Waals surface area contributed by atoms with E-state index in [0.29, 0.717) is 49.8 Å². The summed E-state index contributed by atoms with van der Waals surface area (Å²) in [6.07, 6.45) is 7.61. The van der Waals surface area contributed by atoms with Gasteiger partial charge in [0.2, 0.25) is 34.5 Å². The molecule has 1 aromatic heterocycles. The molecule has 0 spiro atoms. The Morgan fingerprint density at radius 2 is 0.924 bits per heavy atom.